The minimum absolute atomic E-state index is 0.150. The number of nitrogens with zero attached hydrogens (tertiary/aromatic N) is 2. The first-order valence-corrected chi connectivity index (χ1v) is 12.9. The van der Waals surface area contributed by atoms with Crippen LogP contribution in [0.15, 0.2) is 131 Å². The van der Waals surface area contributed by atoms with Gasteiger partial charge in [-0.05, 0) is 56.9 Å². The number of fused-ring (bicyclic) bond motifs is 7. The van der Waals surface area contributed by atoms with Gasteiger partial charge in [0.25, 0.3) is 0 Å². The summed E-state index contributed by atoms with van der Waals surface area (Å²) in [5.74, 6) is 0.299. The van der Waals surface area contributed by atoms with Crippen molar-refractivity contribution in [3.8, 4) is 22.6 Å². The Morgan fingerprint density at radius 2 is 0.872 bits per heavy atom. The number of phenols is 2. The number of hydrogen-bond donors (Lipinski definition) is 2. The molecule has 0 saturated heterocycles. The van der Waals surface area contributed by atoms with E-state index < -0.39 is 5.66 Å². The summed E-state index contributed by atoms with van der Waals surface area (Å²) in [6.07, 6.45) is 3.39. The Morgan fingerprint density at radius 1 is 0.462 bits per heavy atom. The standard InChI is InChI=1S/C35H24N2O2/c38-31-15-7-3-11-25(31)21-36-35(37-22-26-12-4-8-16-32(26)39)29-19-17-23-9-1-5-13-27(23)33(29)34-28-14-6-2-10-24(28)18-20-30(34)35/h1-22,38-39H/b36-21+,37-22+. The molecule has 6 aromatic carbocycles. The molecular weight excluding hydrogens is 480 g/mol. The van der Waals surface area contributed by atoms with Gasteiger partial charge in [-0.2, -0.15) is 0 Å². The normalized spacial score (nSPS) is 13.8. The van der Waals surface area contributed by atoms with E-state index in [0.29, 0.717) is 11.1 Å². The number of rotatable bonds is 4. The minimum atomic E-state index is -1.14. The Kier molecular flexibility index (Phi) is 5.27. The first-order valence-electron chi connectivity index (χ1n) is 12.9. The van der Waals surface area contributed by atoms with Gasteiger partial charge in [0.15, 0.2) is 0 Å². The maximum atomic E-state index is 10.5. The van der Waals surface area contributed by atoms with Crippen LogP contribution in [0.1, 0.15) is 22.3 Å². The molecule has 0 aromatic heterocycles. The third kappa shape index (κ3) is 3.61. The summed E-state index contributed by atoms with van der Waals surface area (Å²) in [5.41, 5.74) is 4.17. The summed E-state index contributed by atoms with van der Waals surface area (Å²) in [7, 11) is 0. The zero-order chi connectivity index (χ0) is 26.4. The van der Waals surface area contributed by atoms with Crippen molar-refractivity contribution in [3.05, 3.63) is 144 Å². The molecule has 0 unspecified atom stereocenters. The van der Waals surface area contributed by atoms with Crippen LogP contribution in [0.3, 0.4) is 0 Å². The van der Waals surface area contributed by atoms with E-state index in [4.69, 9.17) is 9.98 Å². The van der Waals surface area contributed by atoms with E-state index in [-0.39, 0.29) is 11.5 Å². The highest BCUT2D eigenvalue weighted by Gasteiger charge is 2.44. The van der Waals surface area contributed by atoms with Crippen molar-refractivity contribution in [2.45, 2.75) is 5.66 Å². The SMILES string of the molecule is Oc1ccccc1/C=N/C1(/N=C/c2ccccc2O)c2ccc3ccccc3c2-c2c1ccc1ccccc21. The molecule has 1 aliphatic rings. The molecule has 0 bridgehead atoms. The van der Waals surface area contributed by atoms with Gasteiger partial charge in [-0.15, -0.1) is 0 Å². The van der Waals surface area contributed by atoms with Gasteiger partial charge in [0.2, 0.25) is 5.66 Å². The minimum Gasteiger partial charge on any atom is -0.507 e. The van der Waals surface area contributed by atoms with Crippen molar-refractivity contribution < 1.29 is 10.2 Å². The summed E-state index contributed by atoms with van der Waals surface area (Å²) in [5, 5.41) is 25.6. The Balaban J connectivity index is 1.60. The fraction of sp³-hybridized carbons (Fsp3) is 0.0286. The quantitative estimate of drug-likeness (QED) is 0.240. The summed E-state index contributed by atoms with van der Waals surface area (Å²) < 4.78 is 0. The van der Waals surface area contributed by atoms with E-state index in [1.807, 2.05) is 36.4 Å². The van der Waals surface area contributed by atoms with Crippen LogP contribution in [0.5, 0.6) is 11.5 Å². The van der Waals surface area contributed by atoms with Crippen LogP contribution in [0, 0.1) is 0 Å². The largest absolute Gasteiger partial charge is 0.507 e. The lowest BCUT2D eigenvalue weighted by molar-refractivity contribution is 0.474. The van der Waals surface area contributed by atoms with E-state index in [2.05, 4.69) is 60.7 Å². The zero-order valence-corrected chi connectivity index (χ0v) is 21.0. The molecule has 0 heterocycles. The van der Waals surface area contributed by atoms with E-state index in [0.717, 1.165) is 43.8 Å². The van der Waals surface area contributed by atoms with Gasteiger partial charge < -0.3 is 10.2 Å². The van der Waals surface area contributed by atoms with Crippen LogP contribution in [0.2, 0.25) is 0 Å². The molecule has 0 saturated carbocycles. The molecule has 0 amide bonds. The molecule has 7 rings (SSSR count). The van der Waals surface area contributed by atoms with Gasteiger partial charge in [-0.3, -0.25) is 9.98 Å². The van der Waals surface area contributed by atoms with Crippen molar-refractivity contribution in [3.63, 3.8) is 0 Å². The van der Waals surface area contributed by atoms with E-state index in [9.17, 15) is 10.2 Å². The Labute approximate surface area is 225 Å². The Bertz CT molecular complexity index is 1810. The number of hydrogen-bond acceptors (Lipinski definition) is 4. The molecular formula is C35H24N2O2. The number of benzene rings is 6. The molecule has 0 spiro atoms. The highest BCUT2D eigenvalue weighted by atomic mass is 16.3. The lowest BCUT2D eigenvalue weighted by Gasteiger charge is -2.24. The molecule has 4 nitrogen and oxygen atoms in total. The average Bonchev–Trinajstić information content (AvgIpc) is 3.27. The lowest BCUT2D eigenvalue weighted by atomic mass is 9.94. The number of phenolic OH excluding ortho intramolecular Hbond substituents is 2. The average molecular weight is 505 g/mol. The van der Waals surface area contributed by atoms with Crippen molar-refractivity contribution in [1.29, 1.82) is 0 Å². The fourth-order valence-corrected chi connectivity index (χ4v) is 5.64. The van der Waals surface area contributed by atoms with Gasteiger partial charge in [0.05, 0.1) is 0 Å². The van der Waals surface area contributed by atoms with Crippen LogP contribution in [-0.2, 0) is 5.66 Å². The van der Waals surface area contributed by atoms with Crippen LogP contribution in [-0.4, -0.2) is 22.6 Å². The smallest absolute Gasteiger partial charge is 0.202 e. The van der Waals surface area contributed by atoms with Gasteiger partial charge in [0.1, 0.15) is 11.5 Å². The van der Waals surface area contributed by atoms with Gasteiger partial charge in [-0.1, -0.05) is 97.1 Å². The first-order chi connectivity index (χ1) is 19.2. The van der Waals surface area contributed by atoms with Crippen molar-refractivity contribution in [2.75, 3.05) is 0 Å². The van der Waals surface area contributed by atoms with Crippen molar-refractivity contribution in [2.24, 2.45) is 9.98 Å². The molecule has 6 aromatic rings. The third-order valence-electron chi connectivity index (χ3n) is 7.51. The topological polar surface area (TPSA) is 65.2 Å². The predicted molar refractivity (Wildman–Crippen MR) is 159 cm³/mol. The second-order valence-corrected chi connectivity index (χ2v) is 9.72. The van der Waals surface area contributed by atoms with Crippen LogP contribution >= 0.6 is 0 Å². The third-order valence-corrected chi connectivity index (χ3v) is 7.51. The fourth-order valence-electron chi connectivity index (χ4n) is 5.64. The number of para-hydroxylation sites is 2. The Hall–Kier alpha value is -5.22. The predicted octanol–water partition coefficient (Wildman–Crippen LogP) is 7.82. The zero-order valence-electron chi connectivity index (χ0n) is 21.0. The number of aliphatic imine (C=N–C) groups is 2. The molecule has 2 N–H and O–H groups in total. The molecule has 1 aliphatic carbocycles. The van der Waals surface area contributed by atoms with Crippen molar-refractivity contribution in [1.82, 2.24) is 0 Å². The maximum Gasteiger partial charge on any atom is 0.202 e. The second kappa shape index (κ2) is 8.96. The van der Waals surface area contributed by atoms with E-state index in [1.165, 1.54) is 0 Å². The van der Waals surface area contributed by atoms with E-state index in [1.54, 1.807) is 36.7 Å². The monoisotopic (exact) mass is 504 g/mol. The molecule has 4 heteroatoms. The molecule has 0 radical (unpaired) electrons. The highest BCUT2D eigenvalue weighted by Crippen LogP contribution is 2.55. The highest BCUT2D eigenvalue weighted by molar-refractivity contribution is 6.11. The van der Waals surface area contributed by atoms with Gasteiger partial charge in [-0.25, -0.2) is 0 Å². The molecule has 0 fully saturated rings. The summed E-state index contributed by atoms with van der Waals surface area (Å²) in [6, 6.07) is 39.5. The molecule has 0 atom stereocenters. The molecule has 39 heavy (non-hydrogen) atoms. The summed E-state index contributed by atoms with van der Waals surface area (Å²) in [6.45, 7) is 0. The summed E-state index contributed by atoms with van der Waals surface area (Å²) >= 11 is 0. The first kappa shape index (κ1) is 22.9. The lowest BCUT2D eigenvalue weighted by Crippen LogP contribution is -2.21. The summed E-state index contributed by atoms with van der Waals surface area (Å²) in [4.78, 5) is 10.3. The van der Waals surface area contributed by atoms with Crippen molar-refractivity contribution >= 4 is 34.0 Å². The Morgan fingerprint density at radius 3 is 1.33 bits per heavy atom. The van der Waals surface area contributed by atoms with E-state index >= 15 is 0 Å². The van der Waals surface area contributed by atoms with Gasteiger partial charge in [0, 0.05) is 34.7 Å². The van der Waals surface area contributed by atoms with Crippen LogP contribution in [0.25, 0.3) is 32.7 Å². The van der Waals surface area contributed by atoms with Crippen LogP contribution < -0.4 is 0 Å². The van der Waals surface area contributed by atoms with Crippen LogP contribution in [0.4, 0.5) is 0 Å². The van der Waals surface area contributed by atoms with Gasteiger partial charge >= 0.3 is 0 Å². The molecule has 0 aliphatic heterocycles. The number of aromatic hydroxyl groups is 2. The maximum absolute atomic E-state index is 10.5. The molecule has 186 valence electrons. The second-order valence-electron chi connectivity index (χ2n) is 9.72.